The lowest BCUT2D eigenvalue weighted by Crippen LogP contribution is -2.31. The number of rotatable bonds is 8. The zero-order valence-corrected chi connectivity index (χ0v) is 22.3. The summed E-state index contributed by atoms with van der Waals surface area (Å²) in [6.45, 7) is 1.76. The number of para-hydroxylation sites is 3. The number of thioether (sulfide) groups is 1. The normalized spacial score (nSPS) is 14.8. The number of ether oxygens (including phenoxy) is 1. The molecule has 0 bridgehead atoms. The van der Waals surface area contributed by atoms with Gasteiger partial charge in [0.1, 0.15) is 5.75 Å². The molecule has 0 spiro atoms. The SMILES string of the molecule is COc1ccccc1NC(=O)C1=C(C)NC(SCC(=O)Nc2ccccc2)=C(C#N)[C@H]1c1ccccc1Cl. The number of dihydropyridines is 1. The van der Waals surface area contributed by atoms with Gasteiger partial charge in [-0.05, 0) is 42.8 Å². The van der Waals surface area contributed by atoms with E-state index in [1.165, 1.54) is 18.9 Å². The molecule has 0 saturated carbocycles. The predicted molar refractivity (Wildman–Crippen MR) is 152 cm³/mol. The number of amides is 2. The number of carbonyl (C=O) groups excluding carboxylic acids is 2. The summed E-state index contributed by atoms with van der Waals surface area (Å²) in [5.74, 6) is -0.794. The van der Waals surface area contributed by atoms with E-state index in [0.717, 1.165) is 0 Å². The molecule has 0 aromatic heterocycles. The van der Waals surface area contributed by atoms with E-state index in [1.807, 2.05) is 30.3 Å². The third-order valence-corrected chi connectivity index (χ3v) is 7.23. The third-order valence-electron chi connectivity index (χ3n) is 5.87. The second-order valence-electron chi connectivity index (χ2n) is 8.33. The number of hydrogen-bond acceptors (Lipinski definition) is 6. The minimum Gasteiger partial charge on any atom is -0.495 e. The molecule has 0 radical (unpaired) electrons. The van der Waals surface area contributed by atoms with Crippen molar-refractivity contribution in [2.45, 2.75) is 12.8 Å². The van der Waals surface area contributed by atoms with Gasteiger partial charge in [-0.15, -0.1) is 0 Å². The summed E-state index contributed by atoms with van der Waals surface area (Å²) in [5, 5.41) is 20.1. The second kappa shape index (κ2) is 12.4. The molecule has 1 heterocycles. The van der Waals surface area contributed by atoms with Crippen LogP contribution in [0.5, 0.6) is 5.75 Å². The molecule has 4 rings (SSSR count). The summed E-state index contributed by atoms with van der Waals surface area (Å²) in [4.78, 5) is 26.3. The maximum atomic E-state index is 13.7. The summed E-state index contributed by atoms with van der Waals surface area (Å²) >= 11 is 7.77. The fourth-order valence-electron chi connectivity index (χ4n) is 4.14. The van der Waals surface area contributed by atoms with E-state index in [1.54, 1.807) is 55.5 Å². The maximum absolute atomic E-state index is 13.7. The van der Waals surface area contributed by atoms with Crippen LogP contribution >= 0.6 is 23.4 Å². The Kier molecular flexibility index (Phi) is 8.74. The van der Waals surface area contributed by atoms with Crippen molar-refractivity contribution < 1.29 is 14.3 Å². The van der Waals surface area contributed by atoms with Gasteiger partial charge >= 0.3 is 0 Å². The van der Waals surface area contributed by atoms with Crippen molar-refractivity contribution in [2.24, 2.45) is 0 Å². The molecule has 0 saturated heterocycles. The Balaban J connectivity index is 1.67. The van der Waals surface area contributed by atoms with E-state index in [9.17, 15) is 14.9 Å². The number of allylic oxidation sites excluding steroid dienone is 2. The van der Waals surface area contributed by atoms with Gasteiger partial charge in [-0.3, -0.25) is 9.59 Å². The number of halogens is 1. The summed E-state index contributed by atoms with van der Waals surface area (Å²) in [7, 11) is 1.53. The van der Waals surface area contributed by atoms with Crippen molar-refractivity contribution in [2.75, 3.05) is 23.5 Å². The molecule has 1 aliphatic rings. The lowest BCUT2D eigenvalue weighted by atomic mass is 9.82. The Hall–Kier alpha value is -4.19. The smallest absolute Gasteiger partial charge is 0.254 e. The molecule has 192 valence electrons. The van der Waals surface area contributed by atoms with E-state index < -0.39 is 11.8 Å². The Morgan fingerprint density at radius 1 is 1.03 bits per heavy atom. The number of methoxy groups -OCH3 is 1. The molecule has 1 aliphatic heterocycles. The maximum Gasteiger partial charge on any atom is 0.254 e. The molecule has 9 heteroatoms. The first-order valence-corrected chi connectivity index (χ1v) is 13.1. The summed E-state index contributed by atoms with van der Waals surface area (Å²) < 4.78 is 5.38. The van der Waals surface area contributed by atoms with Crippen LogP contribution in [-0.2, 0) is 9.59 Å². The average Bonchev–Trinajstić information content (AvgIpc) is 2.92. The van der Waals surface area contributed by atoms with Gasteiger partial charge in [0.15, 0.2) is 0 Å². The highest BCUT2D eigenvalue weighted by molar-refractivity contribution is 8.03. The van der Waals surface area contributed by atoms with Crippen molar-refractivity contribution in [3.63, 3.8) is 0 Å². The van der Waals surface area contributed by atoms with Gasteiger partial charge in [-0.2, -0.15) is 5.26 Å². The van der Waals surface area contributed by atoms with E-state index in [2.05, 4.69) is 22.0 Å². The van der Waals surface area contributed by atoms with Crippen LogP contribution < -0.4 is 20.7 Å². The van der Waals surface area contributed by atoms with E-state index in [4.69, 9.17) is 16.3 Å². The average molecular weight is 545 g/mol. The van der Waals surface area contributed by atoms with Crippen LogP contribution in [0.4, 0.5) is 11.4 Å². The highest BCUT2D eigenvalue weighted by Gasteiger charge is 2.36. The molecule has 7 nitrogen and oxygen atoms in total. The van der Waals surface area contributed by atoms with Crippen LogP contribution in [0.1, 0.15) is 18.4 Å². The standard InChI is InChI=1S/C29H25ClN4O3S/c1-18-26(28(36)34-23-14-8-9-15-24(23)37-2)27(20-12-6-7-13-22(20)30)21(16-31)29(32-18)38-17-25(35)33-19-10-4-3-5-11-19/h3-15,27,32H,17H2,1-2H3,(H,33,35)(H,34,36)/t27-/m1/s1. The number of carbonyl (C=O) groups is 2. The van der Waals surface area contributed by atoms with Gasteiger partial charge in [-0.1, -0.05) is 71.9 Å². The van der Waals surface area contributed by atoms with Gasteiger partial charge in [-0.25, -0.2) is 0 Å². The molecule has 0 fully saturated rings. The third kappa shape index (κ3) is 6.02. The van der Waals surface area contributed by atoms with Gasteiger partial charge < -0.3 is 20.7 Å². The first-order valence-electron chi connectivity index (χ1n) is 11.7. The number of nitrogens with zero attached hydrogens (tertiary/aromatic N) is 1. The van der Waals surface area contributed by atoms with Crippen LogP contribution in [0.2, 0.25) is 5.02 Å². The Morgan fingerprint density at radius 2 is 1.71 bits per heavy atom. The molecule has 38 heavy (non-hydrogen) atoms. The van der Waals surface area contributed by atoms with Crippen molar-refractivity contribution in [1.82, 2.24) is 5.32 Å². The van der Waals surface area contributed by atoms with E-state index in [0.29, 0.717) is 49.6 Å². The Bertz CT molecular complexity index is 1460. The van der Waals surface area contributed by atoms with E-state index in [-0.39, 0.29) is 11.7 Å². The molecule has 1 atom stereocenters. The lowest BCUT2D eigenvalue weighted by Gasteiger charge is -2.30. The lowest BCUT2D eigenvalue weighted by molar-refractivity contribution is -0.114. The monoisotopic (exact) mass is 544 g/mol. The fraction of sp³-hybridized carbons (Fsp3) is 0.138. The quantitative estimate of drug-likeness (QED) is 0.319. The molecule has 0 unspecified atom stereocenters. The number of benzene rings is 3. The summed E-state index contributed by atoms with van der Waals surface area (Å²) in [6, 6.07) is 25.6. The minimum atomic E-state index is -0.746. The molecular formula is C29H25ClN4O3S. The molecular weight excluding hydrogens is 520 g/mol. The number of nitriles is 1. The summed E-state index contributed by atoms with van der Waals surface area (Å²) in [6.07, 6.45) is 0. The first-order chi connectivity index (χ1) is 18.4. The van der Waals surface area contributed by atoms with Crippen molar-refractivity contribution in [3.05, 3.63) is 111 Å². The van der Waals surface area contributed by atoms with Crippen LogP contribution in [0.3, 0.4) is 0 Å². The van der Waals surface area contributed by atoms with Crippen molar-refractivity contribution in [3.8, 4) is 11.8 Å². The zero-order chi connectivity index (χ0) is 27.1. The predicted octanol–water partition coefficient (Wildman–Crippen LogP) is 6.06. The largest absolute Gasteiger partial charge is 0.495 e. The van der Waals surface area contributed by atoms with E-state index >= 15 is 0 Å². The highest BCUT2D eigenvalue weighted by Crippen LogP contribution is 2.43. The van der Waals surface area contributed by atoms with Crippen molar-refractivity contribution in [1.29, 1.82) is 5.26 Å². The minimum absolute atomic E-state index is 0.0632. The molecule has 3 aromatic carbocycles. The first kappa shape index (κ1) is 26.9. The van der Waals surface area contributed by atoms with Crippen molar-refractivity contribution >= 4 is 46.6 Å². The second-order valence-corrected chi connectivity index (χ2v) is 9.72. The van der Waals surface area contributed by atoms with Crippen LogP contribution in [0, 0.1) is 11.3 Å². The molecule has 2 amide bonds. The molecule has 3 aromatic rings. The van der Waals surface area contributed by atoms with Gasteiger partial charge in [0, 0.05) is 22.0 Å². The van der Waals surface area contributed by atoms with Crippen LogP contribution in [0.25, 0.3) is 0 Å². The topological polar surface area (TPSA) is 103 Å². The molecule has 3 N–H and O–H groups in total. The van der Waals surface area contributed by atoms with Crippen LogP contribution in [0.15, 0.2) is 101 Å². The number of hydrogen-bond donors (Lipinski definition) is 3. The Morgan fingerprint density at radius 3 is 2.42 bits per heavy atom. The number of anilines is 2. The van der Waals surface area contributed by atoms with Gasteiger partial charge in [0.2, 0.25) is 5.91 Å². The number of nitrogens with one attached hydrogen (secondary N) is 3. The summed E-state index contributed by atoms with van der Waals surface area (Å²) in [5.41, 5.74) is 2.99. The fourth-order valence-corrected chi connectivity index (χ4v) is 5.28. The molecule has 0 aliphatic carbocycles. The van der Waals surface area contributed by atoms with Gasteiger partial charge in [0.05, 0.1) is 41.1 Å². The Labute approximate surface area is 230 Å². The van der Waals surface area contributed by atoms with Crippen LogP contribution in [-0.4, -0.2) is 24.7 Å². The zero-order valence-electron chi connectivity index (χ0n) is 20.7. The highest BCUT2D eigenvalue weighted by atomic mass is 35.5. The van der Waals surface area contributed by atoms with Gasteiger partial charge in [0.25, 0.3) is 5.91 Å².